The largest absolute Gasteiger partial charge is 0.495 e. The van der Waals surface area contributed by atoms with E-state index in [2.05, 4.69) is 44.0 Å². The van der Waals surface area contributed by atoms with Crippen molar-refractivity contribution in [1.82, 2.24) is 4.57 Å². The number of rotatable bonds is 4. The van der Waals surface area contributed by atoms with Gasteiger partial charge in [0.15, 0.2) is 4.80 Å². The van der Waals surface area contributed by atoms with Gasteiger partial charge >= 0.3 is 0 Å². The summed E-state index contributed by atoms with van der Waals surface area (Å²) in [6.45, 7) is 0. The predicted molar refractivity (Wildman–Crippen MR) is 154 cm³/mol. The van der Waals surface area contributed by atoms with Crippen molar-refractivity contribution in [3.05, 3.63) is 127 Å². The van der Waals surface area contributed by atoms with Crippen LogP contribution in [0.25, 0.3) is 11.8 Å². The number of hydrogen-bond donors (Lipinski definition) is 0. The Balaban J connectivity index is 1.64. The van der Waals surface area contributed by atoms with Gasteiger partial charge in [0.1, 0.15) is 5.75 Å². The zero-order valence-corrected chi connectivity index (χ0v) is 24.0. The van der Waals surface area contributed by atoms with Crippen LogP contribution >= 0.6 is 43.2 Å². The van der Waals surface area contributed by atoms with Gasteiger partial charge in [-0.1, -0.05) is 63.7 Å². The number of aryl methyl sites for hydroxylation is 1. The topological polar surface area (TPSA) is 86.7 Å². The van der Waals surface area contributed by atoms with Crippen molar-refractivity contribution in [3.63, 3.8) is 0 Å². The van der Waals surface area contributed by atoms with Crippen LogP contribution in [-0.4, -0.2) is 16.6 Å². The van der Waals surface area contributed by atoms with E-state index in [-0.39, 0.29) is 11.2 Å². The van der Waals surface area contributed by atoms with Gasteiger partial charge in [0, 0.05) is 27.7 Å². The molecule has 0 fully saturated rings. The first-order valence-electron chi connectivity index (χ1n) is 11.8. The van der Waals surface area contributed by atoms with Gasteiger partial charge in [-0.3, -0.25) is 19.5 Å². The van der Waals surface area contributed by atoms with E-state index < -0.39 is 11.0 Å². The second-order valence-electron chi connectivity index (χ2n) is 8.98. The van der Waals surface area contributed by atoms with E-state index in [0.717, 1.165) is 37.8 Å². The first kappa shape index (κ1) is 25.0. The Kier molecular flexibility index (Phi) is 6.41. The molecule has 4 aromatic rings. The van der Waals surface area contributed by atoms with Crippen LogP contribution in [-0.2, 0) is 6.42 Å². The van der Waals surface area contributed by atoms with Crippen molar-refractivity contribution < 1.29 is 9.66 Å². The number of benzene rings is 3. The van der Waals surface area contributed by atoms with Crippen molar-refractivity contribution >= 4 is 60.7 Å². The van der Waals surface area contributed by atoms with E-state index in [1.807, 2.05) is 30.3 Å². The molecule has 3 aromatic carbocycles. The van der Waals surface area contributed by atoms with E-state index in [1.54, 1.807) is 29.9 Å². The van der Waals surface area contributed by atoms with Crippen LogP contribution in [0.4, 0.5) is 5.69 Å². The maximum absolute atomic E-state index is 14.0. The maximum atomic E-state index is 14.0. The van der Waals surface area contributed by atoms with Gasteiger partial charge in [-0.25, -0.2) is 4.99 Å². The lowest BCUT2D eigenvalue weighted by atomic mass is 9.83. The lowest BCUT2D eigenvalue weighted by Crippen LogP contribution is -2.38. The Morgan fingerprint density at radius 3 is 2.74 bits per heavy atom. The number of nitro groups is 1. The minimum absolute atomic E-state index is 0.0105. The summed E-state index contributed by atoms with van der Waals surface area (Å²) in [5.41, 5.74) is 5.30. The van der Waals surface area contributed by atoms with Crippen LogP contribution in [0.1, 0.15) is 34.7 Å². The normalized spacial score (nSPS) is 16.4. The zero-order valence-electron chi connectivity index (χ0n) is 20.0. The highest BCUT2D eigenvalue weighted by Gasteiger charge is 2.33. The standard InChI is InChI=1S/C28H19Br2N3O4S/c1-37-26-17(11-18(29)14-22(26)30)13-23-27(34)32-25(16-6-4-7-19(12-16)33(35)36)21-10-9-15-5-2-3-8-20(15)24(21)31-28(32)38-23/h2-8,11-14,25H,9-10H2,1H3/b23-13+/t25-/m1/s1. The van der Waals surface area contributed by atoms with Crippen molar-refractivity contribution in [2.75, 3.05) is 7.11 Å². The van der Waals surface area contributed by atoms with E-state index in [9.17, 15) is 14.9 Å². The summed E-state index contributed by atoms with van der Waals surface area (Å²) in [7, 11) is 1.58. The number of thiazole rings is 1. The molecule has 1 aromatic heterocycles. The summed E-state index contributed by atoms with van der Waals surface area (Å²) in [6, 6.07) is 18.0. The number of nitro benzene ring substituents is 1. The van der Waals surface area contributed by atoms with Gasteiger partial charge in [0.25, 0.3) is 11.2 Å². The van der Waals surface area contributed by atoms with Crippen molar-refractivity contribution in [2.24, 2.45) is 4.99 Å². The fourth-order valence-corrected chi connectivity index (χ4v) is 7.59. The van der Waals surface area contributed by atoms with E-state index in [1.165, 1.54) is 23.0 Å². The van der Waals surface area contributed by atoms with Crippen molar-refractivity contribution in [2.45, 2.75) is 18.9 Å². The van der Waals surface area contributed by atoms with Crippen LogP contribution in [0.2, 0.25) is 0 Å². The molecule has 0 radical (unpaired) electrons. The molecular formula is C28H19Br2N3O4S. The summed E-state index contributed by atoms with van der Waals surface area (Å²) < 4.78 is 9.37. The third-order valence-corrected chi connectivity index (χ3v) is 8.83. The Morgan fingerprint density at radius 2 is 1.95 bits per heavy atom. The van der Waals surface area contributed by atoms with Gasteiger partial charge in [-0.15, -0.1) is 0 Å². The van der Waals surface area contributed by atoms with Crippen molar-refractivity contribution in [1.29, 1.82) is 0 Å². The number of allylic oxidation sites excluding steroid dienone is 1. The van der Waals surface area contributed by atoms with Crippen molar-refractivity contribution in [3.8, 4) is 5.75 Å². The molecule has 1 atom stereocenters. The molecule has 0 unspecified atom stereocenters. The third kappa shape index (κ3) is 4.16. The van der Waals surface area contributed by atoms with Gasteiger partial charge in [0.05, 0.1) is 32.8 Å². The molecule has 10 heteroatoms. The molecule has 2 aliphatic rings. The number of ether oxygens (including phenoxy) is 1. The van der Waals surface area contributed by atoms with Crippen LogP contribution in [0.5, 0.6) is 5.75 Å². The Labute approximate surface area is 237 Å². The van der Waals surface area contributed by atoms with E-state index in [0.29, 0.717) is 27.1 Å². The summed E-state index contributed by atoms with van der Waals surface area (Å²) in [4.78, 5) is 30.7. The quantitative estimate of drug-likeness (QED) is 0.207. The number of aromatic nitrogens is 1. The Bertz CT molecular complexity index is 1860. The lowest BCUT2D eigenvalue weighted by molar-refractivity contribution is -0.384. The highest BCUT2D eigenvalue weighted by atomic mass is 79.9. The zero-order chi connectivity index (χ0) is 26.6. The smallest absolute Gasteiger partial charge is 0.271 e. The summed E-state index contributed by atoms with van der Waals surface area (Å²) >= 11 is 8.34. The fraction of sp³-hybridized carbons (Fsp3) is 0.143. The van der Waals surface area contributed by atoms with Crippen LogP contribution in [0.15, 0.2) is 85.0 Å². The van der Waals surface area contributed by atoms with Gasteiger partial charge in [0.2, 0.25) is 0 Å². The van der Waals surface area contributed by atoms with E-state index in [4.69, 9.17) is 9.73 Å². The van der Waals surface area contributed by atoms with Gasteiger partial charge < -0.3 is 4.74 Å². The minimum Gasteiger partial charge on any atom is -0.495 e. The minimum atomic E-state index is -0.493. The first-order chi connectivity index (χ1) is 18.4. The molecule has 0 saturated carbocycles. The molecular weight excluding hydrogens is 634 g/mol. The number of fused-ring (bicyclic) bond motifs is 3. The predicted octanol–water partition coefficient (Wildman–Crippen LogP) is 5.76. The van der Waals surface area contributed by atoms with Gasteiger partial charge in [-0.05, 0) is 63.7 Å². The molecule has 6 rings (SSSR count). The average molecular weight is 653 g/mol. The third-order valence-electron chi connectivity index (χ3n) is 6.80. The second-order valence-corrected chi connectivity index (χ2v) is 11.8. The summed E-state index contributed by atoms with van der Waals surface area (Å²) in [5, 5.41) is 11.6. The van der Waals surface area contributed by atoms with E-state index >= 15 is 0 Å². The molecule has 7 nitrogen and oxygen atoms in total. The maximum Gasteiger partial charge on any atom is 0.271 e. The molecule has 38 heavy (non-hydrogen) atoms. The molecule has 0 N–H and O–H groups in total. The van der Waals surface area contributed by atoms with Gasteiger partial charge in [-0.2, -0.15) is 0 Å². The average Bonchev–Trinajstić information content (AvgIpc) is 3.21. The number of nitrogens with zero attached hydrogens (tertiary/aromatic N) is 3. The molecule has 2 heterocycles. The molecule has 0 spiro atoms. The highest BCUT2D eigenvalue weighted by molar-refractivity contribution is 9.11. The van der Waals surface area contributed by atoms with Crippen LogP contribution in [0, 0.1) is 10.1 Å². The second kappa shape index (κ2) is 9.76. The first-order valence-corrected chi connectivity index (χ1v) is 14.2. The monoisotopic (exact) mass is 651 g/mol. The van der Waals surface area contributed by atoms with Crippen LogP contribution < -0.4 is 19.6 Å². The highest BCUT2D eigenvalue weighted by Crippen LogP contribution is 2.41. The number of methoxy groups -OCH3 is 1. The van der Waals surface area contributed by atoms with Crippen LogP contribution in [0.3, 0.4) is 0 Å². The molecule has 1 aliphatic carbocycles. The number of hydrogen-bond acceptors (Lipinski definition) is 6. The Morgan fingerprint density at radius 1 is 1.13 bits per heavy atom. The number of halogens is 2. The fourth-order valence-electron chi connectivity index (χ4n) is 5.17. The molecule has 0 saturated heterocycles. The lowest BCUT2D eigenvalue weighted by Gasteiger charge is -2.30. The molecule has 0 bridgehead atoms. The molecule has 190 valence electrons. The number of non-ortho nitro benzene ring substituents is 1. The SMILES string of the molecule is COc1c(Br)cc(Br)cc1/C=c1/sc2n(c1=O)[C@H](c1cccc([N+](=O)[O-])c1)C1=C(N=2)c2ccccc2CC1. The molecule has 1 aliphatic heterocycles. The Hall–Kier alpha value is -3.34. The molecule has 0 amide bonds. The summed E-state index contributed by atoms with van der Waals surface area (Å²) in [5.74, 6) is 0.613. The summed E-state index contributed by atoms with van der Waals surface area (Å²) in [6.07, 6.45) is 3.32.